The predicted octanol–water partition coefficient (Wildman–Crippen LogP) is 3.59. The molecule has 25 heavy (non-hydrogen) atoms. The molecule has 1 heterocycles. The summed E-state index contributed by atoms with van der Waals surface area (Å²) in [6.07, 6.45) is 1.99. The predicted molar refractivity (Wildman–Crippen MR) is 103 cm³/mol. The van der Waals surface area contributed by atoms with Crippen molar-refractivity contribution in [1.29, 1.82) is 0 Å². The quantitative estimate of drug-likeness (QED) is 0.589. The molecule has 1 N–H and O–H groups in total. The number of hydrogen-bond donors (Lipinski definition) is 1. The molecule has 0 saturated heterocycles. The van der Waals surface area contributed by atoms with E-state index in [1.54, 1.807) is 18.2 Å². The Morgan fingerprint density at radius 2 is 2.12 bits per heavy atom. The zero-order chi connectivity index (χ0) is 18.4. The first-order valence-corrected chi connectivity index (χ1v) is 9.49. The fourth-order valence-electron chi connectivity index (χ4n) is 2.12. The van der Waals surface area contributed by atoms with E-state index < -0.39 is 0 Å². The van der Waals surface area contributed by atoms with Gasteiger partial charge in [-0.05, 0) is 44.0 Å². The summed E-state index contributed by atoms with van der Waals surface area (Å²) in [7, 11) is 0. The molecule has 1 aromatic heterocycles. The van der Waals surface area contributed by atoms with Gasteiger partial charge in [-0.15, -0.1) is 0 Å². The summed E-state index contributed by atoms with van der Waals surface area (Å²) >= 11 is 7.46. The molecule has 0 fully saturated rings. The van der Waals surface area contributed by atoms with Gasteiger partial charge in [-0.1, -0.05) is 42.8 Å². The minimum Gasteiger partial charge on any atom is -0.355 e. The van der Waals surface area contributed by atoms with Crippen LogP contribution in [0.1, 0.15) is 32.3 Å². The first kappa shape index (κ1) is 19.5. The molecule has 1 aromatic carbocycles. The van der Waals surface area contributed by atoms with E-state index in [4.69, 9.17) is 11.6 Å². The van der Waals surface area contributed by atoms with Gasteiger partial charge in [-0.3, -0.25) is 9.59 Å². The molecular weight excluding hydrogens is 358 g/mol. The maximum atomic E-state index is 12.1. The second-order valence-electron chi connectivity index (χ2n) is 5.76. The van der Waals surface area contributed by atoms with Gasteiger partial charge in [0.05, 0.1) is 10.9 Å². The van der Waals surface area contributed by atoms with Crippen molar-refractivity contribution in [2.24, 2.45) is 0 Å². The van der Waals surface area contributed by atoms with Crippen LogP contribution < -0.4 is 10.9 Å². The van der Waals surface area contributed by atoms with Gasteiger partial charge >= 0.3 is 0 Å². The molecule has 1 atom stereocenters. The first-order valence-electron chi connectivity index (χ1n) is 8.23. The van der Waals surface area contributed by atoms with Crippen molar-refractivity contribution in [3.63, 3.8) is 0 Å². The summed E-state index contributed by atoms with van der Waals surface area (Å²) in [4.78, 5) is 24.2. The molecule has 0 aliphatic carbocycles. The van der Waals surface area contributed by atoms with E-state index in [0.717, 1.165) is 18.4 Å². The Hall–Kier alpha value is -1.79. The Morgan fingerprint density at radius 3 is 2.80 bits per heavy atom. The zero-order valence-electron chi connectivity index (χ0n) is 14.6. The van der Waals surface area contributed by atoms with Crippen LogP contribution in [-0.2, 0) is 4.79 Å². The summed E-state index contributed by atoms with van der Waals surface area (Å²) in [6.45, 7) is 6.48. The maximum Gasteiger partial charge on any atom is 0.271 e. The molecule has 0 aliphatic heterocycles. The lowest BCUT2D eigenvalue weighted by molar-refractivity contribution is -0.120. The van der Waals surface area contributed by atoms with Crippen LogP contribution in [0.15, 0.2) is 40.2 Å². The average Bonchev–Trinajstić information content (AvgIpc) is 2.59. The van der Waals surface area contributed by atoms with Crippen LogP contribution >= 0.6 is 23.4 Å². The summed E-state index contributed by atoms with van der Waals surface area (Å²) in [5, 5.41) is 8.15. The lowest BCUT2D eigenvalue weighted by Gasteiger charge is -2.12. The number of nitrogens with zero attached hydrogens (tertiary/aromatic N) is 2. The highest BCUT2D eigenvalue weighted by Crippen LogP contribution is 2.22. The number of carbonyl (C=O) groups excluding carboxylic acids is 1. The number of rotatable bonds is 7. The zero-order valence-corrected chi connectivity index (χ0v) is 16.2. The third-order valence-corrected chi connectivity index (χ3v) is 5.11. The van der Waals surface area contributed by atoms with E-state index in [2.05, 4.69) is 17.3 Å². The molecule has 5 nitrogen and oxygen atoms in total. The number of unbranched alkanes of at least 4 members (excludes halogenated alkanes) is 1. The number of hydrogen-bond acceptors (Lipinski definition) is 4. The number of aryl methyl sites for hydroxylation is 1. The van der Waals surface area contributed by atoms with E-state index in [1.807, 2.05) is 19.9 Å². The van der Waals surface area contributed by atoms with Gasteiger partial charge in [-0.2, -0.15) is 9.78 Å². The number of nitrogens with one attached hydrogen (secondary N) is 1. The van der Waals surface area contributed by atoms with Crippen molar-refractivity contribution in [2.75, 3.05) is 6.54 Å². The molecule has 2 aromatic rings. The van der Waals surface area contributed by atoms with Crippen molar-refractivity contribution in [3.8, 4) is 5.69 Å². The number of thioether (sulfide) groups is 1. The van der Waals surface area contributed by atoms with Crippen molar-refractivity contribution < 1.29 is 4.79 Å². The lowest BCUT2D eigenvalue weighted by Crippen LogP contribution is -2.31. The van der Waals surface area contributed by atoms with E-state index >= 15 is 0 Å². The fraction of sp³-hybridized carbons (Fsp3) is 0.389. The normalized spacial score (nSPS) is 12.0. The van der Waals surface area contributed by atoms with Crippen molar-refractivity contribution in [3.05, 3.63) is 51.3 Å². The molecule has 2 rings (SSSR count). The maximum absolute atomic E-state index is 12.1. The minimum atomic E-state index is -0.295. The Labute approximate surface area is 156 Å². The first-order chi connectivity index (χ1) is 11.9. The Bertz CT molecular complexity index is 807. The van der Waals surface area contributed by atoms with Gasteiger partial charge < -0.3 is 5.32 Å². The molecular formula is C18H22ClN3O2S. The van der Waals surface area contributed by atoms with Crippen LogP contribution in [-0.4, -0.2) is 27.5 Å². The number of aromatic nitrogens is 2. The van der Waals surface area contributed by atoms with Crippen molar-refractivity contribution in [2.45, 2.75) is 43.9 Å². The molecule has 0 unspecified atom stereocenters. The number of benzene rings is 1. The highest BCUT2D eigenvalue weighted by atomic mass is 35.5. The second kappa shape index (κ2) is 9.06. The fourth-order valence-corrected chi connectivity index (χ4v) is 3.13. The topological polar surface area (TPSA) is 64.0 Å². The monoisotopic (exact) mass is 379 g/mol. The highest BCUT2D eigenvalue weighted by Gasteiger charge is 2.15. The lowest BCUT2D eigenvalue weighted by atomic mass is 10.2. The average molecular weight is 380 g/mol. The van der Waals surface area contributed by atoms with Gasteiger partial charge in [0.2, 0.25) is 5.91 Å². The molecule has 134 valence electrons. The Balaban J connectivity index is 2.17. The standard InChI is InChI=1S/C18H22ClN3O2S/c1-4-5-10-20-18(24)13(3)25-16-8-9-17(23)22(21-16)14-7-6-12(2)15(19)11-14/h6-9,11,13H,4-5,10H2,1-3H3,(H,20,24)/t13-/m1/s1. The van der Waals surface area contributed by atoms with Gasteiger partial charge in [0.1, 0.15) is 5.03 Å². The molecule has 0 bridgehead atoms. The van der Waals surface area contributed by atoms with Crippen molar-refractivity contribution in [1.82, 2.24) is 15.1 Å². The van der Waals surface area contributed by atoms with E-state index in [-0.39, 0.29) is 16.7 Å². The smallest absolute Gasteiger partial charge is 0.271 e. The SMILES string of the molecule is CCCCNC(=O)[C@@H](C)Sc1ccc(=O)n(-c2ccc(C)c(Cl)c2)n1. The van der Waals surface area contributed by atoms with E-state index in [1.165, 1.54) is 22.5 Å². The van der Waals surface area contributed by atoms with Crippen LogP contribution in [0.3, 0.4) is 0 Å². The van der Waals surface area contributed by atoms with Crippen LogP contribution in [0.4, 0.5) is 0 Å². The van der Waals surface area contributed by atoms with E-state index in [0.29, 0.717) is 22.3 Å². The highest BCUT2D eigenvalue weighted by molar-refractivity contribution is 8.00. The summed E-state index contributed by atoms with van der Waals surface area (Å²) in [5.74, 6) is -0.0311. The van der Waals surface area contributed by atoms with Gasteiger partial charge in [0, 0.05) is 17.6 Å². The van der Waals surface area contributed by atoms with Crippen LogP contribution in [0, 0.1) is 6.92 Å². The molecule has 1 amide bonds. The molecule has 0 spiro atoms. The van der Waals surface area contributed by atoms with Crippen LogP contribution in [0.25, 0.3) is 5.69 Å². The minimum absolute atomic E-state index is 0.0311. The summed E-state index contributed by atoms with van der Waals surface area (Å²) in [5.41, 5.74) is 1.29. The molecule has 0 aliphatic rings. The summed E-state index contributed by atoms with van der Waals surface area (Å²) in [6, 6.07) is 8.43. The van der Waals surface area contributed by atoms with Crippen LogP contribution in [0.5, 0.6) is 0 Å². The Morgan fingerprint density at radius 1 is 1.36 bits per heavy atom. The van der Waals surface area contributed by atoms with E-state index in [9.17, 15) is 9.59 Å². The largest absolute Gasteiger partial charge is 0.355 e. The second-order valence-corrected chi connectivity index (χ2v) is 7.53. The molecule has 0 saturated carbocycles. The van der Waals surface area contributed by atoms with Gasteiger partial charge in [0.15, 0.2) is 0 Å². The molecule has 7 heteroatoms. The van der Waals surface area contributed by atoms with Gasteiger partial charge in [0.25, 0.3) is 5.56 Å². The number of carbonyl (C=O) groups is 1. The van der Waals surface area contributed by atoms with Gasteiger partial charge in [-0.25, -0.2) is 0 Å². The number of amides is 1. The van der Waals surface area contributed by atoms with Crippen molar-refractivity contribution >= 4 is 29.3 Å². The van der Waals surface area contributed by atoms with Crippen LogP contribution in [0.2, 0.25) is 5.02 Å². The number of halogens is 1. The third kappa shape index (κ3) is 5.34. The summed E-state index contributed by atoms with van der Waals surface area (Å²) < 4.78 is 1.30. The molecule has 0 radical (unpaired) electrons. The third-order valence-electron chi connectivity index (χ3n) is 3.67. The Kier molecular flexibility index (Phi) is 7.08.